The van der Waals surface area contributed by atoms with Gasteiger partial charge >= 0.3 is 6.18 Å². The summed E-state index contributed by atoms with van der Waals surface area (Å²) in [6, 6.07) is 6.59. The van der Waals surface area contributed by atoms with Crippen molar-refractivity contribution in [2.24, 2.45) is 0 Å². The summed E-state index contributed by atoms with van der Waals surface area (Å²) in [5, 5.41) is 12.9. The summed E-state index contributed by atoms with van der Waals surface area (Å²) in [7, 11) is 0. The highest BCUT2D eigenvalue weighted by Gasteiger charge is 2.32. The first-order valence-electron chi connectivity index (χ1n) is 8.04. The number of nitrogen functional groups attached to an aromatic ring is 1. The van der Waals surface area contributed by atoms with Gasteiger partial charge in [0.1, 0.15) is 17.0 Å². The Bertz CT molecular complexity index is 1000. The van der Waals surface area contributed by atoms with Crippen molar-refractivity contribution in [1.82, 2.24) is 24.9 Å². The van der Waals surface area contributed by atoms with Crippen LogP contribution in [-0.2, 0) is 11.8 Å². The van der Waals surface area contributed by atoms with Gasteiger partial charge in [0.2, 0.25) is 11.9 Å². The Hall–Kier alpha value is -3.34. The number of halogens is 3. The largest absolute Gasteiger partial charge is 0.433 e. The minimum Gasteiger partial charge on any atom is -0.384 e. The molecule has 0 unspecified atom stereocenters. The fourth-order valence-corrected chi connectivity index (χ4v) is 2.25. The molecular weight excluding hydrogens is 375 g/mol. The molecule has 0 saturated heterocycles. The molecule has 0 saturated carbocycles. The Morgan fingerprint density at radius 3 is 2.43 bits per heavy atom. The summed E-state index contributed by atoms with van der Waals surface area (Å²) in [5.74, 6) is -0.295. The maximum atomic E-state index is 12.9. The third-order valence-corrected chi connectivity index (χ3v) is 3.56. The van der Waals surface area contributed by atoms with Crippen LogP contribution in [0.1, 0.15) is 25.2 Å². The van der Waals surface area contributed by atoms with Gasteiger partial charge in [-0.3, -0.25) is 4.98 Å². The lowest BCUT2D eigenvalue weighted by molar-refractivity contribution is -0.141. The van der Waals surface area contributed by atoms with Crippen molar-refractivity contribution in [3.63, 3.8) is 0 Å². The van der Waals surface area contributed by atoms with Crippen LogP contribution in [0.5, 0.6) is 0 Å². The van der Waals surface area contributed by atoms with Crippen LogP contribution in [0.2, 0.25) is 0 Å². The molecule has 3 heterocycles. The standard InChI is InChI=1S/C17H16F3N7O/c1-16(2,28)12-8-9(6-7-22-12)23-15-26-13(25-14(21)27-15)10-4-3-5-11(24-10)17(18,19)20/h3-8,28H,1-2H3,(H3,21,22,23,25,26,27). The number of nitrogens with zero attached hydrogens (tertiary/aromatic N) is 5. The third-order valence-electron chi connectivity index (χ3n) is 3.56. The van der Waals surface area contributed by atoms with Crippen LogP contribution < -0.4 is 11.1 Å². The molecule has 28 heavy (non-hydrogen) atoms. The highest BCUT2D eigenvalue weighted by Crippen LogP contribution is 2.29. The van der Waals surface area contributed by atoms with E-state index in [4.69, 9.17) is 5.73 Å². The van der Waals surface area contributed by atoms with E-state index in [1.165, 1.54) is 18.3 Å². The van der Waals surface area contributed by atoms with Crippen molar-refractivity contribution >= 4 is 17.6 Å². The van der Waals surface area contributed by atoms with Crippen molar-refractivity contribution in [3.05, 3.63) is 47.9 Å². The van der Waals surface area contributed by atoms with E-state index in [2.05, 4.69) is 30.2 Å². The van der Waals surface area contributed by atoms with Crippen LogP contribution in [0.25, 0.3) is 11.5 Å². The zero-order valence-corrected chi connectivity index (χ0v) is 14.9. The van der Waals surface area contributed by atoms with E-state index in [9.17, 15) is 18.3 Å². The average Bonchev–Trinajstić information content (AvgIpc) is 2.60. The number of rotatable bonds is 4. The SMILES string of the molecule is CC(C)(O)c1cc(Nc2nc(N)nc(-c3cccc(C(F)(F)F)n3)n2)ccn1. The molecular formula is C17H16F3N7O. The lowest BCUT2D eigenvalue weighted by Crippen LogP contribution is -2.17. The molecule has 8 nitrogen and oxygen atoms in total. The molecule has 0 spiro atoms. The van der Waals surface area contributed by atoms with Crippen molar-refractivity contribution in [2.45, 2.75) is 25.6 Å². The quantitative estimate of drug-likeness (QED) is 0.620. The number of nitrogens with one attached hydrogen (secondary N) is 1. The number of alkyl halides is 3. The van der Waals surface area contributed by atoms with Gasteiger partial charge in [0.25, 0.3) is 0 Å². The van der Waals surface area contributed by atoms with Crippen molar-refractivity contribution in [1.29, 1.82) is 0 Å². The van der Waals surface area contributed by atoms with Gasteiger partial charge in [0, 0.05) is 11.9 Å². The van der Waals surface area contributed by atoms with Gasteiger partial charge in [-0.15, -0.1) is 0 Å². The lowest BCUT2D eigenvalue weighted by Gasteiger charge is -2.17. The highest BCUT2D eigenvalue weighted by atomic mass is 19.4. The fraction of sp³-hybridized carbons (Fsp3) is 0.235. The van der Waals surface area contributed by atoms with Crippen LogP contribution in [0.3, 0.4) is 0 Å². The molecule has 4 N–H and O–H groups in total. The van der Waals surface area contributed by atoms with Crippen molar-refractivity contribution in [3.8, 4) is 11.5 Å². The van der Waals surface area contributed by atoms with Crippen LogP contribution in [0.4, 0.5) is 30.8 Å². The number of nitrogens with two attached hydrogens (primary N) is 1. The molecule has 0 fully saturated rings. The average molecular weight is 391 g/mol. The smallest absolute Gasteiger partial charge is 0.384 e. The van der Waals surface area contributed by atoms with Crippen LogP contribution >= 0.6 is 0 Å². The molecule has 0 aliphatic rings. The van der Waals surface area contributed by atoms with E-state index in [0.29, 0.717) is 11.4 Å². The molecule has 146 valence electrons. The van der Waals surface area contributed by atoms with E-state index in [1.807, 2.05) is 0 Å². The zero-order valence-electron chi connectivity index (χ0n) is 14.9. The van der Waals surface area contributed by atoms with Gasteiger partial charge < -0.3 is 16.2 Å². The van der Waals surface area contributed by atoms with Gasteiger partial charge in [-0.1, -0.05) is 6.07 Å². The molecule has 3 aromatic heterocycles. The number of aliphatic hydroxyl groups is 1. The normalized spacial score (nSPS) is 12.1. The molecule has 0 aromatic carbocycles. The molecule has 0 atom stereocenters. The molecule has 3 aromatic rings. The minimum absolute atomic E-state index is 0.00890. The van der Waals surface area contributed by atoms with E-state index in [1.54, 1.807) is 26.0 Å². The Morgan fingerprint density at radius 1 is 1.00 bits per heavy atom. The second-order valence-corrected chi connectivity index (χ2v) is 6.36. The van der Waals surface area contributed by atoms with Crippen LogP contribution in [-0.4, -0.2) is 30.0 Å². The first kappa shape index (κ1) is 19.4. The van der Waals surface area contributed by atoms with Gasteiger partial charge in [0.15, 0.2) is 5.82 Å². The van der Waals surface area contributed by atoms with Gasteiger partial charge in [-0.2, -0.15) is 28.1 Å². The second-order valence-electron chi connectivity index (χ2n) is 6.36. The van der Waals surface area contributed by atoms with E-state index in [0.717, 1.165) is 6.07 Å². The van der Waals surface area contributed by atoms with Crippen molar-refractivity contribution < 1.29 is 18.3 Å². The van der Waals surface area contributed by atoms with Crippen molar-refractivity contribution in [2.75, 3.05) is 11.1 Å². The summed E-state index contributed by atoms with van der Waals surface area (Å²) in [6.07, 6.45) is -3.12. The molecule has 3 rings (SSSR count). The summed E-state index contributed by atoms with van der Waals surface area (Å²) < 4.78 is 38.7. The van der Waals surface area contributed by atoms with Gasteiger partial charge in [-0.25, -0.2) is 4.98 Å². The maximum Gasteiger partial charge on any atom is 0.433 e. The zero-order chi connectivity index (χ0) is 20.5. The second kappa shape index (κ2) is 7.00. The first-order chi connectivity index (χ1) is 13.0. The topological polar surface area (TPSA) is 123 Å². The number of hydrogen-bond donors (Lipinski definition) is 3. The lowest BCUT2D eigenvalue weighted by atomic mass is 10.0. The van der Waals surface area contributed by atoms with E-state index in [-0.39, 0.29) is 23.4 Å². The summed E-state index contributed by atoms with van der Waals surface area (Å²) in [6.45, 7) is 3.16. The van der Waals surface area contributed by atoms with Gasteiger partial charge in [-0.05, 0) is 38.1 Å². The number of aromatic nitrogens is 5. The van der Waals surface area contributed by atoms with Gasteiger partial charge in [0.05, 0.1) is 5.69 Å². The summed E-state index contributed by atoms with van der Waals surface area (Å²) >= 11 is 0. The monoisotopic (exact) mass is 391 g/mol. The highest BCUT2D eigenvalue weighted by molar-refractivity contribution is 5.58. The predicted molar refractivity (Wildman–Crippen MR) is 95.2 cm³/mol. The molecule has 0 amide bonds. The molecule has 11 heteroatoms. The molecule has 0 aliphatic heterocycles. The predicted octanol–water partition coefficient (Wildman–Crippen LogP) is 2.90. The number of pyridine rings is 2. The maximum absolute atomic E-state index is 12.9. The third kappa shape index (κ3) is 4.49. The van der Waals surface area contributed by atoms with E-state index < -0.39 is 17.5 Å². The number of anilines is 3. The summed E-state index contributed by atoms with van der Waals surface area (Å²) in [5.41, 5.74) is 4.24. The Morgan fingerprint density at radius 2 is 1.75 bits per heavy atom. The Labute approximate surface area is 157 Å². The van der Waals surface area contributed by atoms with E-state index >= 15 is 0 Å². The Balaban J connectivity index is 1.95. The van der Waals surface area contributed by atoms with Crippen LogP contribution in [0.15, 0.2) is 36.5 Å². The molecule has 0 bridgehead atoms. The fourth-order valence-electron chi connectivity index (χ4n) is 2.25. The minimum atomic E-state index is -4.60. The molecule has 0 radical (unpaired) electrons. The summed E-state index contributed by atoms with van der Waals surface area (Å²) in [4.78, 5) is 19.5. The van der Waals surface area contributed by atoms with Crippen LogP contribution in [0, 0.1) is 0 Å². The first-order valence-corrected chi connectivity index (χ1v) is 8.04. The molecule has 0 aliphatic carbocycles. The Kier molecular flexibility index (Phi) is 4.86. The number of hydrogen-bond acceptors (Lipinski definition) is 8.